The minimum Gasteiger partial charge on any atom is -0.463 e. The first-order valence-electron chi connectivity index (χ1n) is 7.99. The summed E-state index contributed by atoms with van der Waals surface area (Å²) in [5.41, 5.74) is 0. The van der Waals surface area contributed by atoms with E-state index in [0.717, 1.165) is 34.6 Å². The molecular formula is C16H22O11. The molecule has 152 valence electrons. The molecule has 5 atom stereocenters. The SMILES string of the molecule is CC(=O)OC[C@H]1OC(OC(C)=O)[C@@H](OC(C)=O)[C@H](OC(C)=O)[C@@H]1OC(C)=O. The van der Waals surface area contributed by atoms with E-state index in [1.54, 1.807) is 0 Å². The molecule has 0 radical (unpaired) electrons. The Morgan fingerprint density at radius 3 is 1.52 bits per heavy atom. The lowest BCUT2D eigenvalue weighted by atomic mass is 9.98. The van der Waals surface area contributed by atoms with Gasteiger partial charge in [-0.1, -0.05) is 0 Å². The highest BCUT2D eigenvalue weighted by Crippen LogP contribution is 2.29. The first kappa shape index (κ1) is 22.4. The monoisotopic (exact) mass is 390 g/mol. The van der Waals surface area contributed by atoms with Gasteiger partial charge >= 0.3 is 29.8 Å². The van der Waals surface area contributed by atoms with Crippen molar-refractivity contribution in [1.29, 1.82) is 0 Å². The van der Waals surface area contributed by atoms with Crippen LogP contribution in [0.5, 0.6) is 0 Å². The topological polar surface area (TPSA) is 141 Å². The minimum atomic E-state index is -1.48. The zero-order valence-electron chi connectivity index (χ0n) is 15.6. The smallest absolute Gasteiger partial charge is 0.305 e. The summed E-state index contributed by atoms with van der Waals surface area (Å²) in [5.74, 6) is -3.71. The van der Waals surface area contributed by atoms with Crippen LogP contribution in [0.2, 0.25) is 0 Å². The Hall–Kier alpha value is -2.69. The van der Waals surface area contributed by atoms with Crippen LogP contribution in [-0.4, -0.2) is 67.2 Å². The van der Waals surface area contributed by atoms with Gasteiger partial charge in [0.2, 0.25) is 12.4 Å². The molecule has 0 bridgehead atoms. The second-order valence-corrected chi connectivity index (χ2v) is 5.68. The van der Waals surface area contributed by atoms with E-state index in [9.17, 15) is 24.0 Å². The molecule has 0 aliphatic carbocycles. The zero-order chi connectivity index (χ0) is 20.7. The van der Waals surface area contributed by atoms with Gasteiger partial charge in [0.05, 0.1) is 0 Å². The van der Waals surface area contributed by atoms with Gasteiger partial charge < -0.3 is 28.4 Å². The molecule has 27 heavy (non-hydrogen) atoms. The summed E-state index contributed by atoms with van der Waals surface area (Å²) in [6, 6.07) is 0. The van der Waals surface area contributed by atoms with Crippen LogP contribution >= 0.6 is 0 Å². The number of esters is 5. The molecule has 11 nitrogen and oxygen atoms in total. The highest BCUT2D eigenvalue weighted by Gasteiger charge is 2.53. The van der Waals surface area contributed by atoms with Crippen LogP contribution in [0.25, 0.3) is 0 Å². The standard InChI is InChI=1S/C16H22O11/c1-7(17)22-6-12-13(23-8(2)18)14(24-9(3)19)15(25-10(4)20)16(27-12)26-11(5)21/h12-16H,6H2,1-5H3/t12-,13-,14-,15+,16?/m1/s1. The van der Waals surface area contributed by atoms with Gasteiger partial charge in [0.15, 0.2) is 12.2 Å². The van der Waals surface area contributed by atoms with Crippen molar-refractivity contribution in [2.24, 2.45) is 0 Å². The van der Waals surface area contributed by atoms with Gasteiger partial charge in [-0.3, -0.25) is 24.0 Å². The van der Waals surface area contributed by atoms with Gasteiger partial charge in [-0.05, 0) is 0 Å². The summed E-state index contributed by atoms with van der Waals surface area (Å²) in [7, 11) is 0. The lowest BCUT2D eigenvalue weighted by Gasteiger charge is -2.43. The second-order valence-electron chi connectivity index (χ2n) is 5.68. The van der Waals surface area contributed by atoms with Crippen LogP contribution in [-0.2, 0) is 52.4 Å². The number of carbonyl (C=O) groups is 5. The average molecular weight is 390 g/mol. The van der Waals surface area contributed by atoms with Crippen LogP contribution < -0.4 is 0 Å². The summed E-state index contributed by atoms with van der Waals surface area (Å²) in [6.45, 7) is 5.13. The fourth-order valence-electron chi connectivity index (χ4n) is 2.45. The Labute approximate surface area is 155 Å². The number of hydrogen-bond donors (Lipinski definition) is 0. The Bertz CT molecular complexity index is 599. The normalized spacial score (nSPS) is 27.1. The molecule has 0 saturated carbocycles. The summed E-state index contributed by atoms with van der Waals surface area (Å²) in [4.78, 5) is 57.0. The second kappa shape index (κ2) is 9.86. The van der Waals surface area contributed by atoms with Gasteiger partial charge in [0.1, 0.15) is 12.7 Å². The molecule has 0 aromatic heterocycles. The van der Waals surface area contributed by atoms with E-state index in [0.29, 0.717) is 0 Å². The number of rotatable bonds is 6. The molecule has 1 aliphatic heterocycles. The molecule has 1 aliphatic rings. The van der Waals surface area contributed by atoms with Crippen LogP contribution in [0, 0.1) is 0 Å². The highest BCUT2D eigenvalue weighted by molar-refractivity contribution is 5.69. The quantitative estimate of drug-likeness (QED) is 0.433. The lowest BCUT2D eigenvalue weighted by Crippen LogP contribution is -2.63. The van der Waals surface area contributed by atoms with Gasteiger partial charge in [-0.25, -0.2) is 0 Å². The van der Waals surface area contributed by atoms with E-state index < -0.39 is 67.2 Å². The third kappa shape index (κ3) is 7.21. The van der Waals surface area contributed by atoms with Crippen molar-refractivity contribution in [2.75, 3.05) is 6.61 Å². The highest BCUT2D eigenvalue weighted by atomic mass is 16.7. The van der Waals surface area contributed by atoms with Crippen molar-refractivity contribution in [1.82, 2.24) is 0 Å². The molecule has 1 fully saturated rings. The summed E-state index contributed by atoms with van der Waals surface area (Å²) in [5, 5.41) is 0. The first-order chi connectivity index (χ1) is 12.5. The third-order valence-electron chi connectivity index (χ3n) is 3.23. The minimum absolute atomic E-state index is 0.393. The molecule has 0 aromatic carbocycles. The predicted octanol–water partition coefficient (Wildman–Crippen LogP) is -0.367. The van der Waals surface area contributed by atoms with Crippen LogP contribution in [0.3, 0.4) is 0 Å². The van der Waals surface area contributed by atoms with Crippen LogP contribution in [0.4, 0.5) is 0 Å². The van der Waals surface area contributed by atoms with E-state index in [1.165, 1.54) is 0 Å². The summed E-state index contributed by atoms with van der Waals surface area (Å²) < 4.78 is 30.8. The van der Waals surface area contributed by atoms with E-state index >= 15 is 0 Å². The van der Waals surface area contributed by atoms with E-state index in [1.807, 2.05) is 0 Å². The largest absolute Gasteiger partial charge is 0.463 e. The first-order valence-corrected chi connectivity index (χ1v) is 7.99. The molecule has 11 heteroatoms. The molecule has 0 N–H and O–H groups in total. The molecule has 0 spiro atoms. The molecule has 1 unspecified atom stereocenters. The van der Waals surface area contributed by atoms with Crippen molar-refractivity contribution in [3.63, 3.8) is 0 Å². The molecule has 1 rings (SSSR count). The maximum absolute atomic E-state index is 11.5. The number of ether oxygens (including phenoxy) is 6. The van der Waals surface area contributed by atoms with Gasteiger partial charge in [0, 0.05) is 34.6 Å². The van der Waals surface area contributed by atoms with Crippen LogP contribution in [0.15, 0.2) is 0 Å². The maximum Gasteiger partial charge on any atom is 0.305 e. The number of carbonyl (C=O) groups excluding carboxylic acids is 5. The number of hydrogen-bond acceptors (Lipinski definition) is 11. The van der Waals surface area contributed by atoms with Crippen molar-refractivity contribution < 1.29 is 52.4 Å². The summed E-state index contributed by atoms with van der Waals surface area (Å²) >= 11 is 0. The Morgan fingerprint density at radius 1 is 0.630 bits per heavy atom. The van der Waals surface area contributed by atoms with Crippen molar-refractivity contribution >= 4 is 29.8 Å². The van der Waals surface area contributed by atoms with E-state index in [-0.39, 0.29) is 0 Å². The molecule has 0 amide bonds. The molecule has 0 aromatic rings. The van der Waals surface area contributed by atoms with Gasteiger partial charge in [-0.2, -0.15) is 0 Å². The van der Waals surface area contributed by atoms with Gasteiger partial charge in [-0.15, -0.1) is 0 Å². The Balaban J connectivity index is 3.29. The Kier molecular flexibility index (Phi) is 8.16. The fourth-order valence-corrected chi connectivity index (χ4v) is 2.45. The average Bonchev–Trinajstić information content (AvgIpc) is 2.49. The molecular weight excluding hydrogens is 368 g/mol. The summed E-state index contributed by atoms with van der Waals surface area (Å²) in [6.07, 6.45) is -6.70. The fraction of sp³-hybridized carbons (Fsp3) is 0.688. The van der Waals surface area contributed by atoms with Gasteiger partial charge in [0.25, 0.3) is 0 Å². The van der Waals surface area contributed by atoms with Crippen molar-refractivity contribution in [3.8, 4) is 0 Å². The lowest BCUT2D eigenvalue weighted by molar-refractivity contribution is -0.300. The van der Waals surface area contributed by atoms with Crippen LogP contribution in [0.1, 0.15) is 34.6 Å². The zero-order valence-corrected chi connectivity index (χ0v) is 15.6. The van der Waals surface area contributed by atoms with E-state index in [4.69, 9.17) is 28.4 Å². The molecule has 1 heterocycles. The third-order valence-corrected chi connectivity index (χ3v) is 3.23. The van der Waals surface area contributed by atoms with Crippen molar-refractivity contribution in [3.05, 3.63) is 0 Å². The van der Waals surface area contributed by atoms with Crippen molar-refractivity contribution in [2.45, 2.75) is 65.3 Å². The predicted molar refractivity (Wildman–Crippen MR) is 83.7 cm³/mol. The maximum atomic E-state index is 11.5. The van der Waals surface area contributed by atoms with E-state index in [2.05, 4.69) is 0 Å². The molecule has 1 saturated heterocycles. The Morgan fingerprint density at radius 2 is 1.07 bits per heavy atom.